The third-order valence-electron chi connectivity index (χ3n) is 2.30. The van der Waals surface area contributed by atoms with Gasteiger partial charge in [0.2, 0.25) is 0 Å². The summed E-state index contributed by atoms with van der Waals surface area (Å²) in [4.78, 5) is 2.04. The van der Waals surface area contributed by atoms with Crippen molar-refractivity contribution in [3.8, 4) is 0 Å². The van der Waals surface area contributed by atoms with E-state index in [2.05, 4.69) is 0 Å². The zero-order valence-corrected chi connectivity index (χ0v) is 9.36. The van der Waals surface area contributed by atoms with Gasteiger partial charge in [0.15, 0.2) is 0 Å². The maximum atomic E-state index is 10.1. The van der Waals surface area contributed by atoms with Gasteiger partial charge in [-0.2, -0.15) is 0 Å². The van der Waals surface area contributed by atoms with E-state index in [1.165, 1.54) is 0 Å². The van der Waals surface area contributed by atoms with Crippen LogP contribution in [0.25, 0.3) is 0 Å². The summed E-state index contributed by atoms with van der Waals surface area (Å²) < 4.78 is 0. The van der Waals surface area contributed by atoms with Gasteiger partial charge in [0.05, 0.1) is 11.6 Å². The van der Waals surface area contributed by atoms with Gasteiger partial charge in [-0.1, -0.05) is 30.3 Å². The summed E-state index contributed by atoms with van der Waals surface area (Å²) in [6, 6.07) is 10.1. The molecule has 1 atom stereocenters. The molecule has 2 nitrogen and oxygen atoms in total. The molecular weight excluding hydrogens is 174 g/mol. The Kier molecular flexibility index (Phi) is 3.29. The van der Waals surface area contributed by atoms with Gasteiger partial charge in [0, 0.05) is 0 Å². The lowest BCUT2D eigenvalue weighted by Gasteiger charge is -2.35. The van der Waals surface area contributed by atoms with Crippen LogP contribution in [0.2, 0.25) is 0 Å². The Bertz CT molecular complexity index is 274. The highest BCUT2D eigenvalue weighted by Gasteiger charge is 2.29. The zero-order chi connectivity index (χ0) is 10.8. The van der Waals surface area contributed by atoms with E-state index in [0.717, 1.165) is 5.56 Å². The van der Waals surface area contributed by atoms with Crippen LogP contribution in [-0.2, 0) is 0 Å². The van der Waals surface area contributed by atoms with E-state index < -0.39 is 5.60 Å². The molecule has 0 aliphatic heterocycles. The van der Waals surface area contributed by atoms with Crippen LogP contribution in [0, 0.1) is 0 Å². The highest BCUT2D eigenvalue weighted by molar-refractivity contribution is 5.21. The minimum atomic E-state index is -0.731. The Balaban J connectivity index is 3.02. The summed E-state index contributed by atoms with van der Waals surface area (Å²) in [5.74, 6) is 0. The molecule has 1 rings (SSSR count). The average molecular weight is 193 g/mol. The molecule has 0 aromatic heterocycles. The van der Waals surface area contributed by atoms with Gasteiger partial charge in [-0.25, -0.2) is 0 Å². The molecule has 1 aromatic rings. The molecular formula is C12H19NO. The second-order valence-electron chi connectivity index (χ2n) is 4.43. The normalized spacial score (nSPS) is 14.4. The first-order valence-corrected chi connectivity index (χ1v) is 4.86. The smallest absolute Gasteiger partial charge is 0.0787 e. The van der Waals surface area contributed by atoms with Gasteiger partial charge in [0.25, 0.3) is 0 Å². The fourth-order valence-corrected chi connectivity index (χ4v) is 1.97. The predicted molar refractivity (Wildman–Crippen MR) is 59.2 cm³/mol. The second kappa shape index (κ2) is 4.11. The fourth-order valence-electron chi connectivity index (χ4n) is 1.97. The monoisotopic (exact) mass is 193 g/mol. The van der Waals surface area contributed by atoms with Gasteiger partial charge >= 0.3 is 0 Å². The quantitative estimate of drug-likeness (QED) is 0.794. The van der Waals surface area contributed by atoms with Crippen LogP contribution in [-0.4, -0.2) is 29.7 Å². The molecule has 14 heavy (non-hydrogen) atoms. The van der Waals surface area contributed by atoms with Gasteiger partial charge in [0.1, 0.15) is 0 Å². The van der Waals surface area contributed by atoms with E-state index in [4.69, 9.17) is 0 Å². The molecule has 0 saturated heterocycles. The molecule has 0 spiro atoms. The number of nitrogens with zero attached hydrogens (tertiary/aromatic N) is 1. The van der Waals surface area contributed by atoms with Crippen molar-refractivity contribution in [3.63, 3.8) is 0 Å². The molecule has 0 saturated carbocycles. The summed E-state index contributed by atoms with van der Waals surface area (Å²) in [6.07, 6.45) is 0. The Labute approximate surface area is 86.2 Å². The van der Waals surface area contributed by atoms with E-state index in [1.807, 2.05) is 63.2 Å². The molecule has 78 valence electrons. The Morgan fingerprint density at radius 3 is 2.00 bits per heavy atom. The largest absolute Gasteiger partial charge is 0.388 e. The van der Waals surface area contributed by atoms with Crippen LogP contribution >= 0.6 is 0 Å². The molecule has 2 heteroatoms. The van der Waals surface area contributed by atoms with Crippen LogP contribution in [0.3, 0.4) is 0 Å². The first-order valence-electron chi connectivity index (χ1n) is 4.86. The van der Waals surface area contributed by atoms with Crippen molar-refractivity contribution in [2.45, 2.75) is 25.5 Å². The van der Waals surface area contributed by atoms with E-state index in [-0.39, 0.29) is 6.04 Å². The molecule has 0 fully saturated rings. The summed E-state index contributed by atoms with van der Waals surface area (Å²) >= 11 is 0. The highest BCUT2D eigenvalue weighted by Crippen LogP contribution is 2.29. The summed E-state index contributed by atoms with van der Waals surface area (Å²) in [7, 11) is 3.96. The number of aliphatic hydroxyl groups is 1. The Morgan fingerprint density at radius 1 is 1.14 bits per heavy atom. The molecule has 0 amide bonds. The number of hydrogen-bond acceptors (Lipinski definition) is 2. The van der Waals surface area contributed by atoms with E-state index in [0.29, 0.717) is 0 Å². The lowest BCUT2D eigenvalue weighted by Crippen LogP contribution is -2.38. The van der Waals surface area contributed by atoms with Crippen molar-refractivity contribution in [1.29, 1.82) is 0 Å². The summed E-state index contributed by atoms with van der Waals surface area (Å²) in [5.41, 5.74) is 0.412. The van der Waals surface area contributed by atoms with Crippen molar-refractivity contribution in [3.05, 3.63) is 35.9 Å². The van der Waals surface area contributed by atoms with Crippen LogP contribution in [0.15, 0.2) is 30.3 Å². The van der Waals surface area contributed by atoms with Crippen molar-refractivity contribution in [2.24, 2.45) is 0 Å². The number of rotatable bonds is 3. The maximum absolute atomic E-state index is 10.1. The zero-order valence-electron chi connectivity index (χ0n) is 9.36. The molecule has 0 heterocycles. The molecule has 0 bridgehead atoms. The van der Waals surface area contributed by atoms with E-state index in [1.54, 1.807) is 0 Å². The van der Waals surface area contributed by atoms with Gasteiger partial charge < -0.3 is 5.11 Å². The highest BCUT2D eigenvalue weighted by atomic mass is 16.3. The number of hydrogen-bond donors (Lipinski definition) is 1. The third kappa shape index (κ3) is 2.56. The lowest BCUT2D eigenvalue weighted by atomic mass is 9.91. The van der Waals surface area contributed by atoms with Crippen molar-refractivity contribution in [1.82, 2.24) is 4.90 Å². The fraction of sp³-hybridized carbons (Fsp3) is 0.500. The maximum Gasteiger partial charge on any atom is 0.0787 e. The minimum Gasteiger partial charge on any atom is -0.388 e. The standard InChI is InChI=1S/C12H19NO/c1-12(2,14)11(13(3)4)10-8-6-5-7-9-10/h5-9,11,14H,1-4H3. The lowest BCUT2D eigenvalue weighted by molar-refractivity contribution is -0.00314. The molecule has 0 aliphatic rings. The molecule has 0 radical (unpaired) electrons. The predicted octanol–water partition coefficient (Wildman–Crippen LogP) is 2.06. The average Bonchev–Trinajstić information content (AvgIpc) is 2.02. The topological polar surface area (TPSA) is 23.5 Å². The van der Waals surface area contributed by atoms with Gasteiger partial charge in [-0.3, -0.25) is 4.90 Å². The Hall–Kier alpha value is -0.860. The van der Waals surface area contributed by atoms with Crippen LogP contribution in [0.5, 0.6) is 0 Å². The van der Waals surface area contributed by atoms with E-state index >= 15 is 0 Å². The molecule has 1 aromatic carbocycles. The number of likely N-dealkylation sites (N-methyl/N-ethyl adjacent to an activating group) is 1. The SMILES string of the molecule is CN(C)C(c1ccccc1)C(C)(C)O. The van der Waals surface area contributed by atoms with Gasteiger partial charge in [-0.15, -0.1) is 0 Å². The van der Waals surface area contributed by atoms with Crippen molar-refractivity contribution >= 4 is 0 Å². The van der Waals surface area contributed by atoms with Crippen LogP contribution in [0.4, 0.5) is 0 Å². The first-order chi connectivity index (χ1) is 6.43. The first kappa shape index (κ1) is 11.2. The second-order valence-corrected chi connectivity index (χ2v) is 4.43. The van der Waals surface area contributed by atoms with Crippen molar-refractivity contribution in [2.75, 3.05) is 14.1 Å². The summed E-state index contributed by atoms with van der Waals surface area (Å²) in [6.45, 7) is 3.68. The van der Waals surface area contributed by atoms with E-state index in [9.17, 15) is 5.11 Å². The van der Waals surface area contributed by atoms with Gasteiger partial charge in [-0.05, 0) is 33.5 Å². The van der Waals surface area contributed by atoms with Crippen LogP contribution in [0.1, 0.15) is 25.5 Å². The molecule has 1 N–H and O–H groups in total. The third-order valence-corrected chi connectivity index (χ3v) is 2.30. The van der Waals surface area contributed by atoms with Crippen LogP contribution < -0.4 is 0 Å². The minimum absolute atomic E-state index is 0.0312. The summed E-state index contributed by atoms with van der Waals surface area (Å²) in [5, 5.41) is 10.1. The molecule has 0 aliphatic carbocycles. The molecule has 1 unspecified atom stereocenters. The Morgan fingerprint density at radius 2 is 1.64 bits per heavy atom. The van der Waals surface area contributed by atoms with Crippen molar-refractivity contribution < 1.29 is 5.11 Å². The number of benzene rings is 1.